The van der Waals surface area contributed by atoms with Gasteiger partial charge < -0.3 is 24.8 Å². The Kier molecular flexibility index (Phi) is 12.8. The zero-order chi connectivity index (χ0) is 32.1. The lowest BCUT2D eigenvalue weighted by molar-refractivity contribution is -0.137. The maximum Gasteiger partial charge on any atom is 0.416 e. The van der Waals surface area contributed by atoms with Gasteiger partial charge in [-0.1, -0.05) is 37.8 Å². The number of aliphatic hydroxyl groups is 1. The smallest absolute Gasteiger partial charge is 0.416 e. The fourth-order valence-corrected chi connectivity index (χ4v) is 4.43. The molecule has 3 aromatic rings. The quantitative estimate of drug-likeness (QED) is 0.0525. The number of hydrogen-bond acceptors (Lipinski definition) is 7. The summed E-state index contributed by atoms with van der Waals surface area (Å²) < 4.78 is 50.9. The van der Waals surface area contributed by atoms with Crippen LogP contribution in [0.3, 0.4) is 0 Å². The Labute approximate surface area is 257 Å². The summed E-state index contributed by atoms with van der Waals surface area (Å²) in [7, 11) is 0. The highest BCUT2D eigenvalue weighted by Gasteiger charge is 2.30. The first-order valence-electron chi connectivity index (χ1n) is 14.6. The number of allylic oxidation sites excluding steroid dienone is 2. The Hall–Kier alpha value is -4.31. The maximum atomic E-state index is 13.2. The number of hydrogen-bond donors (Lipinski definition) is 2. The second-order valence-electron chi connectivity index (χ2n) is 10.4. The van der Waals surface area contributed by atoms with Crippen LogP contribution in [0.1, 0.15) is 50.3 Å². The van der Waals surface area contributed by atoms with Crippen molar-refractivity contribution >= 4 is 23.8 Å². The Morgan fingerprint density at radius 2 is 1.75 bits per heavy atom. The molecule has 0 amide bonds. The molecule has 44 heavy (non-hydrogen) atoms. The Morgan fingerprint density at radius 1 is 1.05 bits per heavy atom. The SMILES string of the molecule is C=Nc1ncccc1NCN(/C(O)=C(/CCc1ccc(OCCOCCC)cc1)C(=C)c1ccc(C(F)(F)F)cc1)C(C)C. The van der Waals surface area contributed by atoms with E-state index >= 15 is 0 Å². The molecule has 7 nitrogen and oxygen atoms in total. The first-order valence-corrected chi connectivity index (χ1v) is 14.6. The van der Waals surface area contributed by atoms with E-state index in [-0.39, 0.29) is 18.6 Å². The molecular weight excluding hydrogens is 569 g/mol. The van der Waals surface area contributed by atoms with Gasteiger partial charge >= 0.3 is 6.18 Å². The second kappa shape index (κ2) is 16.5. The number of nitrogens with one attached hydrogen (secondary N) is 1. The number of aliphatic hydroxyl groups excluding tert-OH is 1. The first kappa shape index (κ1) is 34.2. The van der Waals surface area contributed by atoms with Crippen molar-refractivity contribution in [3.8, 4) is 5.75 Å². The van der Waals surface area contributed by atoms with E-state index in [0.29, 0.717) is 60.9 Å². The fourth-order valence-electron chi connectivity index (χ4n) is 4.43. The van der Waals surface area contributed by atoms with Crippen molar-refractivity contribution in [2.75, 3.05) is 31.8 Å². The number of alkyl halides is 3. The third-order valence-corrected chi connectivity index (χ3v) is 6.90. The number of anilines is 1. The van der Waals surface area contributed by atoms with Crippen molar-refractivity contribution in [2.45, 2.75) is 52.3 Å². The third-order valence-electron chi connectivity index (χ3n) is 6.90. The summed E-state index contributed by atoms with van der Waals surface area (Å²) in [6, 6.07) is 15.9. The van der Waals surface area contributed by atoms with Crippen LogP contribution in [0.25, 0.3) is 5.57 Å². The molecule has 0 atom stereocenters. The van der Waals surface area contributed by atoms with Crippen LogP contribution in [-0.4, -0.2) is 54.2 Å². The molecule has 0 spiro atoms. The van der Waals surface area contributed by atoms with Crippen LogP contribution < -0.4 is 10.1 Å². The molecule has 0 aliphatic rings. The summed E-state index contributed by atoms with van der Waals surface area (Å²) in [5, 5.41) is 14.9. The van der Waals surface area contributed by atoms with Crippen molar-refractivity contribution in [3.63, 3.8) is 0 Å². The average Bonchev–Trinajstić information content (AvgIpc) is 3.01. The predicted molar refractivity (Wildman–Crippen MR) is 170 cm³/mol. The number of aliphatic imine (C=N–C) groups is 1. The summed E-state index contributed by atoms with van der Waals surface area (Å²) >= 11 is 0. The molecule has 10 heteroatoms. The van der Waals surface area contributed by atoms with Gasteiger partial charge in [0.15, 0.2) is 11.7 Å². The van der Waals surface area contributed by atoms with E-state index in [1.54, 1.807) is 17.2 Å². The summed E-state index contributed by atoms with van der Waals surface area (Å²) in [4.78, 5) is 9.88. The van der Waals surface area contributed by atoms with Crippen molar-refractivity contribution in [1.29, 1.82) is 0 Å². The van der Waals surface area contributed by atoms with Crippen LogP contribution in [0.4, 0.5) is 24.7 Å². The fraction of sp³-hybridized carbons (Fsp3) is 0.353. The van der Waals surface area contributed by atoms with Gasteiger partial charge in [-0.15, -0.1) is 0 Å². The molecule has 0 aliphatic carbocycles. The van der Waals surface area contributed by atoms with Gasteiger partial charge in [0.2, 0.25) is 0 Å². The number of halogens is 3. The third kappa shape index (κ3) is 9.87. The van der Waals surface area contributed by atoms with Crippen LogP contribution in [0.2, 0.25) is 0 Å². The van der Waals surface area contributed by atoms with Crippen LogP contribution in [0.15, 0.2) is 89.9 Å². The van der Waals surface area contributed by atoms with Crippen LogP contribution >= 0.6 is 0 Å². The lowest BCUT2D eigenvalue weighted by atomic mass is 9.93. The van der Waals surface area contributed by atoms with Gasteiger partial charge in [0.1, 0.15) is 12.4 Å². The number of pyridine rings is 1. The highest BCUT2D eigenvalue weighted by Crippen LogP contribution is 2.33. The van der Waals surface area contributed by atoms with E-state index < -0.39 is 11.7 Å². The molecule has 0 aliphatic heterocycles. The standard InChI is InChI=1S/C34H41F3N4O3/c1-6-20-43-21-22-44-29-16-9-26(10-17-29)11-18-30(25(4)27-12-14-28(15-13-27)34(35,36)37)33(42)41(24(2)3)23-40-31-8-7-19-39-32(31)38-5/h7-10,12-17,19,24,40,42H,4-6,11,18,20-23H2,1-3H3/b33-30+. The van der Waals surface area contributed by atoms with E-state index in [1.165, 1.54) is 12.1 Å². The molecular formula is C34H41F3N4O3. The minimum absolute atomic E-state index is 0.0265. The highest BCUT2D eigenvalue weighted by molar-refractivity contribution is 5.78. The largest absolute Gasteiger partial charge is 0.494 e. The highest BCUT2D eigenvalue weighted by atomic mass is 19.4. The van der Waals surface area contributed by atoms with Gasteiger partial charge in [0.05, 0.1) is 24.5 Å². The molecule has 2 aromatic carbocycles. The monoisotopic (exact) mass is 610 g/mol. The molecule has 3 rings (SSSR count). The van der Waals surface area contributed by atoms with E-state index in [9.17, 15) is 18.3 Å². The van der Waals surface area contributed by atoms with Crippen LogP contribution in [0, 0.1) is 0 Å². The van der Waals surface area contributed by atoms with Gasteiger partial charge in [-0.25, -0.2) is 9.98 Å². The normalized spacial score (nSPS) is 12.1. The lowest BCUT2D eigenvalue weighted by Gasteiger charge is -2.31. The summed E-state index contributed by atoms with van der Waals surface area (Å²) in [6.07, 6.45) is -0.961. The van der Waals surface area contributed by atoms with Gasteiger partial charge in [-0.3, -0.25) is 0 Å². The lowest BCUT2D eigenvalue weighted by Crippen LogP contribution is -2.35. The molecule has 0 saturated heterocycles. The van der Waals surface area contributed by atoms with Crippen molar-refractivity contribution in [2.24, 2.45) is 4.99 Å². The minimum atomic E-state index is -4.45. The molecule has 2 N–H and O–H groups in total. The molecule has 0 fully saturated rings. The van der Waals surface area contributed by atoms with E-state index in [2.05, 4.69) is 35.5 Å². The number of aromatic nitrogens is 1. The average molecular weight is 611 g/mol. The van der Waals surface area contributed by atoms with Crippen LogP contribution in [0.5, 0.6) is 5.75 Å². The number of nitrogens with zero attached hydrogens (tertiary/aromatic N) is 3. The number of aryl methyl sites for hydroxylation is 1. The van der Waals surface area contributed by atoms with Gasteiger partial charge in [-0.2, -0.15) is 13.2 Å². The Balaban J connectivity index is 1.86. The zero-order valence-corrected chi connectivity index (χ0v) is 25.5. The molecule has 1 aromatic heterocycles. The van der Waals surface area contributed by atoms with Crippen LogP contribution in [-0.2, 0) is 17.3 Å². The molecule has 0 unspecified atom stereocenters. The van der Waals surface area contributed by atoms with Crippen molar-refractivity contribution < 1.29 is 27.8 Å². The van der Waals surface area contributed by atoms with Gasteiger partial charge in [-0.05, 0) is 92.9 Å². The van der Waals surface area contributed by atoms with E-state index in [0.717, 1.165) is 29.9 Å². The van der Waals surface area contributed by atoms with Gasteiger partial charge in [0, 0.05) is 24.4 Å². The van der Waals surface area contributed by atoms with E-state index in [1.807, 2.05) is 44.2 Å². The second-order valence-corrected chi connectivity index (χ2v) is 10.4. The summed E-state index contributed by atoms with van der Waals surface area (Å²) in [5.74, 6) is 1.12. The number of rotatable bonds is 17. The zero-order valence-electron chi connectivity index (χ0n) is 25.5. The number of benzene rings is 2. The predicted octanol–water partition coefficient (Wildman–Crippen LogP) is 8.43. The molecule has 236 valence electrons. The summed E-state index contributed by atoms with van der Waals surface area (Å²) in [6.45, 7) is 15.5. The van der Waals surface area contributed by atoms with Crippen molar-refractivity contribution in [1.82, 2.24) is 9.88 Å². The maximum absolute atomic E-state index is 13.2. The molecule has 0 saturated carbocycles. The van der Waals surface area contributed by atoms with Crippen molar-refractivity contribution in [3.05, 3.63) is 102 Å². The summed E-state index contributed by atoms with van der Waals surface area (Å²) in [5.41, 5.74) is 2.32. The Bertz CT molecular complexity index is 1390. The van der Waals surface area contributed by atoms with Gasteiger partial charge in [0.25, 0.3) is 0 Å². The Morgan fingerprint density at radius 3 is 2.36 bits per heavy atom. The van der Waals surface area contributed by atoms with E-state index in [4.69, 9.17) is 9.47 Å². The topological polar surface area (TPSA) is 79.2 Å². The number of ether oxygens (including phenoxy) is 2. The first-order chi connectivity index (χ1) is 21.0. The molecule has 0 bridgehead atoms. The molecule has 1 heterocycles. The molecule has 0 radical (unpaired) electrons. The minimum Gasteiger partial charge on any atom is -0.494 e.